The third-order valence-electron chi connectivity index (χ3n) is 6.11. The van der Waals surface area contributed by atoms with E-state index >= 15 is 0 Å². The molecule has 10 heteroatoms. The highest BCUT2D eigenvalue weighted by atomic mass is 19.1. The predicted molar refractivity (Wildman–Crippen MR) is 113 cm³/mol. The highest BCUT2D eigenvalue weighted by Gasteiger charge is 2.34. The molecule has 2 N–H and O–H groups in total. The first-order valence-corrected chi connectivity index (χ1v) is 10.8. The fourth-order valence-electron chi connectivity index (χ4n) is 4.47. The van der Waals surface area contributed by atoms with Crippen molar-refractivity contribution in [2.75, 3.05) is 29.9 Å². The number of rotatable bonds is 6. The van der Waals surface area contributed by atoms with Crippen molar-refractivity contribution in [1.82, 2.24) is 15.3 Å². The number of nitrogens with one attached hydrogen (secondary N) is 2. The molecule has 2 unspecified atom stereocenters. The maximum atomic E-state index is 14.0. The zero-order chi connectivity index (χ0) is 22.2. The molecule has 1 fully saturated rings. The summed E-state index contributed by atoms with van der Waals surface area (Å²) in [6.07, 6.45) is 3.58. The van der Waals surface area contributed by atoms with Crippen LogP contribution in [0.15, 0.2) is 18.3 Å². The Hall–Kier alpha value is -3.27. The number of hydrogen-bond acceptors (Lipinski definition) is 7. The van der Waals surface area contributed by atoms with Crippen LogP contribution < -0.4 is 20.3 Å². The molecule has 9 nitrogen and oxygen atoms in total. The molecule has 3 aliphatic rings. The lowest BCUT2D eigenvalue weighted by molar-refractivity contribution is -0.118. The molecule has 5 rings (SSSR count). The van der Waals surface area contributed by atoms with Gasteiger partial charge >= 0.3 is 6.09 Å². The molecule has 0 saturated carbocycles. The van der Waals surface area contributed by atoms with Crippen LogP contribution in [0.2, 0.25) is 0 Å². The van der Waals surface area contributed by atoms with Crippen molar-refractivity contribution in [3.8, 4) is 5.75 Å². The van der Waals surface area contributed by atoms with Crippen LogP contribution >= 0.6 is 0 Å². The summed E-state index contributed by atoms with van der Waals surface area (Å²) in [6.45, 7) is 3.01. The molecule has 2 amide bonds. The van der Waals surface area contributed by atoms with Crippen molar-refractivity contribution in [3.63, 3.8) is 0 Å². The van der Waals surface area contributed by atoms with Gasteiger partial charge in [0, 0.05) is 11.7 Å². The standard InChI is InChI=1S/C22H24FN5O4/c1-12-15-7-13(8-16(15)17(23)9-25-12)24-6-2-3-14-10-28(22(30)32-14)19-5-4-18-21(26-19)27-20(29)11-31-18/h4-5,9,13-14,24H,2-3,6-8,10-11H2,1H3,(H,26,27,29). The summed E-state index contributed by atoms with van der Waals surface area (Å²) in [5, 5.41) is 6.13. The summed E-state index contributed by atoms with van der Waals surface area (Å²) in [5.41, 5.74) is 2.68. The van der Waals surface area contributed by atoms with E-state index in [9.17, 15) is 14.0 Å². The molecule has 1 aliphatic carbocycles. The molecule has 1 saturated heterocycles. The van der Waals surface area contributed by atoms with Gasteiger partial charge < -0.3 is 20.1 Å². The summed E-state index contributed by atoms with van der Waals surface area (Å²) >= 11 is 0. The van der Waals surface area contributed by atoms with Gasteiger partial charge in [-0.2, -0.15) is 0 Å². The Bertz CT molecular complexity index is 1050. The largest absolute Gasteiger partial charge is 0.480 e. The number of halogens is 1. The Morgan fingerprint density at radius 3 is 2.97 bits per heavy atom. The van der Waals surface area contributed by atoms with Crippen molar-refractivity contribution in [1.29, 1.82) is 0 Å². The number of carbonyl (C=O) groups is 2. The molecule has 2 atom stereocenters. The lowest BCUT2D eigenvalue weighted by atomic mass is 10.1. The van der Waals surface area contributed by atoms with Gasteiger partial charge in [-0.15, -0.1) is 0 Å². The second-order valence-corrected chi connectivity index (χ2v) is 8.32. The normalized spacial score (nSPS) is 21.6. The van der Waals surface area contributed by atoms with E-state index in [0.717, 1.165) is 36.2 Å². The highest BCUT2D eigenvalue weighted by molar-refractivity contribution is 5.95. The number of pyridine rings is 2. The number of ether oxygens (including phenoxy) is 2. The van der Waals surface area contributed by atoms with Crippen molar-refractivity contribution < 1.29 is 23.5 Å². The SMILES string of the molecule is Cc1ncc(F)c2c1CC(NCCCC1CN(c3ccc4c(n3)NC(=O)CO4)C(=O)O1)C2. The average molecular weight is 441 g/mol. The van der Waals surface area contributed by atoms with E-state index in [1.807, 2.05) is 6.92 Å². The number of fused-ring (bicyclic) bond motifs is 2. The first-order chi connectivity index (χ1) is 15.5. The summed E-state index contributed by atoms with van der Waals surface area (Å²) < 4.78 is 24.8. The molecule has 2 aromatic heterocycles. The molecular weight excluding hydrogens is 417 g/mol. The van der Waals surface area contributed by atoms with Crippen LogP contribution in [0.1, 0.15) is 29.7 Å². The fraction of sp³-hybridized carbons (Fsp3) is 0.455. The summed E-state index contributed by atoms with van der Waals surface area (Å²) in [4.78, 5) is 33.8. The van der Waals surface area contributed by atoms with Gasteiger partial charge in [-0.25, -0.2) is 14.2 Å². The van der Waals surface area contributed by atoms with Crippen molar-refractivity contribution >= 4 is 23.6 Å². The number of aromatic nitrogens is 2. The van der Waals surface area contributed by atoms with Crippen LogP contribution in [0, 0.1) is 12.7 Å². The zero-order valence-corrected chi connectivity index (χ0v) is 17.7. The molecule has 0 spiro atoms. The highest BCUT2D eigenvalue weighted by Crippen LogP contribution is 2.30. The van der Waals surface area contributed by atoms with Gasteiger partial charge in [-0.3, -0.25) is 14.7 Å². The second-order valence-electron chi connectivity index (χ2n) is 8.32. The Labute approximate surface area is 184 Å². The Morgan fingerprint density at radius 2 is 2.12 bits per heavy atom. The lowest BCUT2D eigenvalue weighted by Crippen LogP contribution is -2.31. The average Bonchev–Trinajstić information content (AvgIpc) is 3.38. The van der Waals surface area contributed by atoms with Gasteiger partial charge in [0.2, 0.25) is 0 Å². The van der Waals surface area contributed by atoms with Gasteiger partial charge in [0.05, 0.1) is 12.7 Å². The first-order valence-electron chi connectivity index (χ1n) is 10.8. The van der Waals surface area contributed by atoms with E-state index in [0.29, 0.717) is 36.8 Å². The molecule has 32 heavy (non-hydrogen) atoms. The molecular formula is C22H24FN5O4. The van der Waals surface area contributed by atoms with E-state index in [-0.39, 0.29) is 30.5 Å². The first kappa shape index (κ1) is 20.6. The number of carbonyl (C=O) groups excluding carboxylic acids is 2. The van der Waals surface area contributed by atoms with Gasteiger partial charge in [0.15, 0.2) is 18.2 Å². The summed E-state index contributed by atoms with van der Waals surface area (Å²) in [7, 11) is 0. The van der Waals surface area contributed by atoms with Crippen LogP contribution in [0.5, 0.6) is 5.75 Å². The minimum atomic E-state index is -0.455. The van der Waals surface area contributed by atoms with Gasteiger partial charge in [-0.05, 0) is 62.4 Å². The number of amides is 2. The van der Waals surface area contributed by atoms with Crippen molar-refractivity contribution in [3.05, 3.63) is 41.0 Å². The predicted octanol–water partition coefficient (Wildman–Crippen LogP) is 2.12. The van der Waals surface area contributed by atoms with E-state index in [2.05, 4.69) is 20.6 Å². The molecule has 0 aromatic carbocycles. The zero-order valence-electron chi connectivity index (χ0n) is 17.7. The minimum absolute atomic E-state index is 0.0473. The number of nitrogens with zero attached hydrogens (tertiary/aromatic N) is 3. The number of anilines is 2. The fourth-order valence-corrected chi connectivity index (χ4v) is 4.47. The van der Waals surface area contributed by atoms with Crippen LogP contribution in [-0.2, 0) is 22.4 Å². The molecule has 2 aromatic rings. The van der Waals surface area contributed by atoms with Crippen LogP contribution in [0.25, 0.3) is 0 Å². The number of cyclic esters (lactones) is 1. The van der Waals surface area contributed by atoms with Crippen LogP contribution in [0.4, 0.5) is 20.8 Å². The molecule has 0 bridgehead atoms. The Balaban J connectivity index is 1.11. The number of aryl methyl sites for hydroxylation is 1. The smallest absolute Gasteiger partial charge is 0.415 e. The van der Waals surface area contributed by atoms with Gasteiger partial charge in [-0.1, -0.05) is 0 Å². The third-order valence-corrected chi connectivity index (χ3v) is 6.11. The topological polar surface area (TPSA) is 106 Å². The summed E-state index contributed by atoms with van der Waals surface area (Å²) in [6, 6.07) is 3.55. The second kappa shape index (κ2) is 8.34. The van der Waals surface area contributed by atoms with Crippen molar-refractivity contribution in [2.24, 2.45) is 0 Å². The molecule has 0 radical (unpaired) electrons. The lowest BCUT2D eigenvalue weighted by Gasteiger charge is -2.19. The van der Waals surface area contributed by atoms with Crippen molar-refractivity contribution in [2.45, 2.75) is 44.8 Å². The monoisotopic (exact) mass is 441 g/mol. The van der Waals surface area contributed by atoms with E-state index in [1.54, 1.807) is 12.1 Å². The van der Waals surface area contributed by atoms with E-state index in [1.165, 1.54) is 11.1 Å². The van der Waals surface area contributed by atoms with E-state index < -0.39 is 6.09 Å². The third kappa shape index (κ3) is 3.97. The molecule has 168 valence electrons. The maximum absolute atomic E-state index is 14.0. The van der Waals surface area contributed by atoms with Crippen LogP contribution in [0.3, 0.4) is 0 Å². The summed E-state index contributed by atoms with van der Waals surface area (Å²) in [5.74, 6) is 0.683. The Morgan fingerprint density at radius 1 is 1.28 bits per heavy atom. The number of hydrogen-bond donors (Lipinski definition) is 2. The van der Waals surface area contributed by atoms with Gasteiger partial charge in [0.1, 0.15) is 17.7 Å². The molecule has 2 aliphatic heterocycles. The quantitative estimate of drug-likeness (QED) is 0.662. The van der Waals surface area contributed by atoms with Gasteiger partial charge in [0.25, 0.3) is 5.91 Å². The molecule has 4 heterocycles. The minimum Gasteiger partial charge on any atom is -0.480 e. The van der Waals surface area contributed by atoms with Crippen LogP contribution in [-0.4, -0.2) is 53.8 Å². The maximum Gasteiger partial charge on any atom is 0.415 e. The van der Waals surface area contributed by atoms with E-state index in [4.69, 9.17) is 9.47 Å². The Kier molecular flexibility index (Phi) is 5.38.